The molecule has 2 fully saturated rings. The highest BCUT2D eigenvalue weighted by Gasteiger charge is 2.36. The third-order valence-electron chi connectivity index (χ3n) is 11.1. The number of aromatic nitrogens is 1. The van der Waals surface area contributed by atoms with Gasteiger partial charge < -0.3 is 14.3 Å². The lowest BCUT2D eigenvalue weighted by atomic mass is 9.89. The number of fused-ring (bicyclic) bond motifs is 2. The Morgan fingerprint density at radius 2 is 1.60 bits per heavy atom. The molecule has 8 rings (SSSR count). The van der Waals surface area contributed by atoms with Crippen molar-refractivity contribution < 1.29 is 41.0 Å². The van der Waals surface area contributed by atoms with Gasteiger partial charge in [0.2, 0.25) is 5.89 Å². The molecule has 8 nitrogen and oxygen atoms in total. The highest BCUT2D eigenvalue weighted by Crippen LogP contribution is 2.42. The summed E-state index contributed by atoms with van der Waals surface area (Å²) >= 11 is 0. The van der Waals surface area contributed by atoms with Gasteiger partial charge in [-0.1, -0.05) is 30.3 Å². The van der Waals surface area contributed by atoms with Gasteiger partial charge in [0.1, 0.15) is 17.3 Å². The van der Waals surface area contributed by atoms with Gasteiger partial charge in [-0.25, -0.2) is 4.98 Å². The van der Waals surface area contributed by atoms with Crippen LogP contribution in [0.25, 0.3) is 33.7 Å². The molecule has 0 aliphatic carbocycles. The third-order valence-corrected chi connectivity index (χ3v) is 11.1. The Morgan fingerprint density at radius 1 is 0.909 bits per heavy atom. The number of oxazole rings is 1. The van der Waals surface area contributed by atoms with Gasteiger partial charge in [0.25, 0.3) is 0 Å². The van der Waals surface area contributed by atoms with E-state index in [2.05, 4.69) is 4.90 Å². The number of benzene rings is 4. The molecule has 2 saturated heterocycles. The number of ether oxygens (including phenoxy) is 1. The van der Waals surface area contributed by atoms with Crippen molar-refractivity contribution in [3.8, 4) is 28.3 Å². The Bertz CT molecular complexity index is 2330. The third kappa shape index (κ3) is 7.22. The van der Waals surface area contributed by atoms with E-state index in [-0.39, 0.29) is 42.3 Å². The van der Waals surface area contributed by atoms with Gasteiger partial charge in [-0.05, 0) is 122 Å². The summed E-state index contributed by atoms with van der Waals surface area (Å²) in [5.74, 6) is -0.792. The van der Waals surface area contributed by atoms with Crippen molar-refractivity contribution in [2.45, 2.75) is 77.9 Å². The molecule has 1 unspecified atom stereocenters. The fourth-order valence-corrected chi connectivity index (χ4v) is 8.38. The van der Waals surface area contributed by atoms with Gasteiger partial charge in [0.05, 0.1) is 17.0 Å². The Kier molecular flexibility index (Phi) is 9.71. The van der Waals surface area contributed by atoms with E-state index in [1.165, 1.54) is 12.1 Å². The Labute approximate surface area is 314 Å². The van der Waals surface area contributed by atoms with Crippen molar-refractivity contribution in [1.29, 1.82) is 0 Å². The Hall–Kier alpha value is -5.14. The number of aliphatic carboxylic acids is 1. The first kappa shape index (κ1) is 36.8. The predicted molar refractivity (Wildman–Crippen MR) is 198 cm³/mol. The Balaban J connectivity index is 1.11. The number of halogens is 5. The molecule has 4 aromatic carbocycles. The first-order valence-corrected chi connectivity index (χ1v) is 18.4. The smallest absolute Gasteiger partial charge is 0.416 e. The second-order valence-corrected chi connectivity index (χ2v) is 14.6. The quantitative estimate of drug-likeness (QED) is 0.142. The van der Waals surface area contributed by atoms with Crippen LogP contribution in [0, 0.1) is 13.8 Å². The van der Waals surface area contributed by atoms with Gasteiger partial charge in [-0.15, -0.1) is 0 Å². The summed E-state index contributed by atoms with van der Waals surface area (Å²) in [5, 5.41) is 9.65. The molecular formula is C42H39F5N4O4. The monoisotopic (exact) mass is 758 g/mol. The number of aliphatic imine (C=N–C) groups is 1. The number of hydrogen-bond donors (Lipinski definition) is 1. The maximum Gasteiger partial charge on any atom is 0.416 e. The van der Waals surface area contributed by atoms with E-state index in [0.29, 0.717) is 53.0 Å². The van der Waals surface area contributed by atoms with Crippen molar-refractivity contribution in [3.63, 3.8) is 0 Å². The zero-order chi connectivity index (χ0) is 38.6. The molecule has 3 aliphatic heterocycles. The van der Waals surface area contributed by atoms with E-state index in [0.717, 1.165) is 53.7 Å². The number of carboxylic acids is 1. The number of carboxylic acid groups (broad SMARTS) is 1. The topological polar surface area (TPSA) is 91.4 Å². The first-order valence-electron chi connectivity index (χ1n) is 18.4. The number of rotatable bonds is 10. The maximum atomic E-state index is 14.2. The predicted octanol–water partition coefficient (Wildman–Crippen LogP) is 9.72. The second kappa shape index (κ2) is 14.5. The average molecular weight is 759 g/mol. The summed E-state index contributed by atoms with van der Waals surface area (Å²) in [5.41, 5.74) is 7.60. The first-order chi connectivity index (χ1) is 26.3. The minimum Gasteiger partial charge on any atom is -0.480 e. The molecule has 5 aromatic rings. The molecule has 1 atom stereocenters. The van der Waals surface area contributed by atoms with Crippen molar-refractivity contribution in [2.24, 2.45) is 4.99 Å². The fourth-order valence-electron chi connectivity index (χ4n) is 8.38. The van der Waals surface area contributed by atoms with Crippen LogP contribution in [-0.4, -0.2) is 63.9 Å². The highest BCUT2D eigenvalue weighted by atomic mass is 19.4. The van der Waals surface area contributed by atoms with E-state index in [1.54, 1.807) is 17.0 Å². The molecule has 13 heteroatoms. The van der Waals surface area contributed by atoms with Crippen LogP contribution in [0.5, 0.6) is 5.75 Å². The van der Waals surface area contributed by atoms with Gasteiger partial charge in [0, 0.05) is 36.7 Å². The average Bonchev–Trinajstić information content (AvgIpc) is 3.95. The summed E-state index contributed by atoms with van der Waals surface area (Å²) in [6, 6.07) is 16.7. The number of carbonyl (C=O) groups is 1. The SMILES string of the molecule is Cc1c(C2=Nc3cc(CN4CCCC4)c(C(F)(F)F)cc3C2)cccc1-c1cccc(-c2nc3cc(CN4CCCC4C(=O)O)c(OC(F)F)cc3o2)c1C. The van der Waals surface area contributed by atoms with Crippen molar-refractivity contribution in [2.75, 3.05) is 19.6 Å². The minimum atomic E-state index is -4.47. The summed E-state index contributed by atoms with van der Waals surface area (Å²) in [6.45, 7) is 3.25. The molecule has 0 spiro atoms. The standard InChI is InChI=1S/C42H39F5N4O4/c1-23-28(8-5-10-30(23)34-17-25-16-32(42(45,46)47)26(18-33(25)48-34)21-50-13-3-4-14-50)29-9-6-11-31(24(29)2)39-49-35-19-27(22-51-15-7-12-36(51)40(52)53)37(55-41(43)44)20-38(35)54-39/h5-6,8-11,16,18-20,36,41H,3-4,7,12-15,17,21-22H2,1-2H3,(H,52,53). The molecule has 4 heterocycles. The number of nitrogens with zero attached hydrogens (tertiary/aromatic N) is 4. The van der Waals surface area contributed by atoms with Crippen LogP contribution >= 0.6 is 0 Å². The van der Waals surface area contributed by atoms with Crippen LogP contribution in [0.15, 0.2) is 70.1 Å². The van der Waals surface area contributed by atoms with E-state index >= 15 is 0 Å². The fraction of sp³-hybridized carbons (Fsp3) is 0.357. The molecule has 1 N–H and O–H groups in total. The lowest BCUT2D eigenvalue weighted by Gasteiger charge is -2.22. The molecule has 286 valence electrons. The van der Waals surface area contributed by atoms with Gasteiger partial charge >= 0.3 is 18.8 Å². The van der Waals surface area contributed by atoms with E-state index in [1.807, 2.05) is 50.2 Å². The van der Waals surface area contributed by atoms with E-state index in [4.69, 9.17) is 19.1 Å². The van der Waals surface area contributed by atoms with Crippen molar-refractivity contribution in [1.82, 2.24) is 14.8 Å². The summed E-state index contributed by atoms with van der Waals surface area (Å²) in [7, 11) is 0. The van der Waals surface area contributed by atoms with Crippen LogP contribution in [0.3, 0.4) is 0 Å². The molecule has 0 bridgehead atoms. The molecule has 0 radical (unpaired) electrons. The summed E-state index contributed by atoms with van der Waals surface area (Å²) in [4.78, 5) is 25.2. The largest absolute Gasteiger partial charge is 0.480 e. The van der Waals surface area contributed by atoms with Crippen molar-refractivity contribution in [3.05, 3.63) is 99.6 Å². The molecule has 0 amide bonds. The Morgan fingerprint density at radius 3 is 2.29 bits per heavy atom. The zero-order valence-electron chi connectivity index (χ0n) is 30.3. The lowest BCUT2D eigenvalue weighted by Crippen LogP contribution is -2.35. The van der Waals surface area contributed by atoms with Gasteiger partial charge in [0.15, 0.2) is 5.58 Å². The molecule has 1 aromatic heterocycles. The number of hydrogen-bond acceptors (Lipinski definition) is 7. The summed E-state index contributed by atoms with van der Waals surface area (Å²) < 4.78 is 80.7. The highest BCUT2D eigenvalue weighted by molar-refractivity contribution is 6.08. The molecule has 0 saturated carbocycles. The number of likely N-dealkylation sites (tertiary alicyclic amines) is 2. The van der Waals surface area contributed by atoms with Crippen LogP contribution in [0.1, 0.15) is 64.6 Å². The van der Waals surface area contributed by atoms with Crippen LogP contribution in [0.2, 0.25) is 0 Å². The number of alkyl halides is 5. The normalized spacial score (nSPS) is 17.7. The molecule has 55 heavy (non-hydrogen) atoms. The maximum absolute atomic E-state index is 14.2. The van der Waals surface area contributed by atoms with Crippen LogP contribution in [-0.2, 0) is 30.5 Å². The van der Waals surface area contributed by atoms with Gasteiger partial charge in [-0.3, -0.25) is 19.6 Å². The second-order valence-electron chi connectivity index (χ2n) is 14.6. The van der Waals surface area contributed by atoms with Gasteiger partial charge in [-0.2, -0.15) is 22.0 Å². The molecular weight excluding hydrogens is 719 g/mol. The minimum absolute atomic E-state index is 0.0981. The van der Waals surface area contributed by atoms with E-state index in [9.17, 15) is 31.9 Å². The lowest BCUT2D eigenvalue weighted by molar-refractivity contribution is -0.142. The molecule has 3 aliphatic rings. The van der Waals surface area contributed by atoms with Crippen molar-refractivity contribution >= 4 is 28.5 Å². The van der Waals surface area contributed by atoms with Crippen LogP contribution < -0.4 is 4.74 Å². The summed E-state index contributed by atoms with van der Waals surface area (Å²) in [6.07, 6.45) is -1.07. The van der Waals surface area contributed by atoms with E-state index < -0.39 is 30.4 Å². The zero-order valence-corrected chi connectivity index (χ0v) is 30.3. The van der Waals surface area contributed by atoms with Crippen LogP contribution in [0.4, 0.5) is 27.6 Å².